The summed E-state index contributed by atoms with van der Waals surface area (Å²) in [6.07, 6.45) is 4.31. The third-order valence-corrected chi connectivity index (χ3v) is 4.80. The maximum absolute atomic E-state index is 5.29. The lowest BCUT2D eigenvalue weighted by Gasteiger charge is -2.42. The van der Waals surface area contributed by atoms with E-state index in [2.05, 4.69) is 26.7 Å². The standard InChI is InChI=1S/C16H26N4O/c1-18-9-11-19(12-10-18)14-4-7-20(8-5-14)16-13-15(21-2)3-6-17-16/h3,6,13-14H,4-5,7-12H2,1-2H3. The highest BCUT2D eigenvalue weighted by Gasteiger charge is 2.27. The molecule has 5 heteroatoms. The van der Waals surface area contributed by atoms with Crippen LogP contribution in [0.4, 0.5) is 5.82 Å². The van der Waals surface area contributed by atoms with Crippen LogP contribution < -0.4 is 9.64 Å². The number of methoxy groups -OCH3 is 1. The number of aromatic nitrogens is 1. The Labute approximate surface area is 127 Å². The lowest BCUT2D eigenvalue weighted by molar-refractivity contribution is 0.0981. The van der Waals surface area contributed by atoms with E-state index in [0.717, 1.165) is 30.7 Å². The number of anilines is 1. The Balaban J connectivity index is 1.55. The molecule has 0 spiro atoms. The molecule has 21 heavy (non-hydrogen) atoms. The lowest BCUT2D eigenvalue weighted by atomic mass is 10.0. The second kappa shape index (κ2) is 6.62. The van der Waals surface area contributed by atoms with Gasteiger partial charge in [-0.25, -0.2) is 4.98 Å². The normalized spacial score (nSPS) is 22.5. The molecule has 5 nitrogen and oxygen atoms in total. The molecule has 0 aliphatic carbocycles. The summed E-state index contributed by atoms with van der Waals surface area (Å²) in [6.45, 7) is 7.04. The third kappa shape index (κ3) is 3.47. The van der Waals surface area contributed by atoms with Crippen LogP contribution in [0.1, 0.15) is 12.8 Å². The molecule has 0 amide bonds. The molecule has 0 aromatic carbocycles. The van der Waals surface area contributed by atoms with Gasteiger partial charge in [0, 0.05) is 57.6 Å². The Morgan fingerprint density at radius 3 is 2.48 bits per heavy atom. The second-order valence-corrected chi connectivity index (χ2v) is 6.11. The van der Waals surface area contributed by atoms with Crippen molar-refractivity contribution in [1.82, 2.24) is 14.8 Å². The lowest BCUT2D eigenvalue weighted by Crippen LogP contribution is -2.52. The van der Waals surface area contributed by atoms with Gasteiger partial charge in [-0.1, -0.05) is 0 Å². The number of likely N-dealkylation sites (N-methyl/N-ethyl adjacent to an activating group) is 1. The topological polar surface area (TPSA) is 31.8 Å². The number of hydrogen-bond donors (Lipinski definition) is 0. The molecule has 0 radical (unpaired) electrons. The number of ether oxygens (including phenoxy) is 1. The van der Waals surface area contributed by atoms with Gasteiger partial charge in [0.05, 0.1) is 7.11 Å². The fourth-order valence-electron chi connectivity index (χ4n) is 3.35. The van der Waals surface area contributed by atoms with Gasteiger partial charge in [0.25, 0.3) is 0 Å². The molecule has 1 aromatic heterocycles. The number of rotatable bonds is 3. The van der Waals surface area contributed by atoms with E-state index in [4.69, 9.17) is 4.74 Å². The van der Waals surface area contributed by atoms with E-state index in [0.29, 0.717) is 0 Å². The van der Waals surface area contributed by atoms with Crippen molar-refractivity contribution in [2.75, 3.05) is 58.3 Å². The number of hydrogen-bond acceptors (Lipinski definition) is 5. The van der Waals surface area contributed by atoms with E-state index >= 15 is 0 Å². The summed E-state index contributed by atoms with van der Waals surface area (Å²) >= 11 is 0. The highest BCUT2D eigenvalue weighted by Crippen LogP contribution is 2.24. The van der Waals surface area contributed by atoms with Crippen LogP contribution in [0, 0.1) is 0 Å². The number of pyridine rings is 1. The average Bonchev–Trinajstić information content (AvgIpc) is 2.56. The molecule has 1 aromatic rings. The minimum atomic E-state index is 0.751. The molecule has 3 heterocycles. The quantitative estimate of drug-likeness (QED) is 0.838. The molecule has 0 N–H and O–H groups in total. The first-order chi connectivity index (χ1) is 10.3. The maximum atomic E-state index is 5.29. The zero-order valence-corrected chi connectivity index (χ0v) is 13.2. The smallest absolute Gasteiger partial charge is 0.132 e. The molecule has 0 atom stereocenters. The van der Waals surface area contributed by atoms with Crippen molar-refractivity contribution in [3.8, 4) is 5.75 Å². The molecule has 0 bridgehead atoms. The Morgan fingerprint density at radius 1 is 1.10 bits per heavy atom. The molecular weight excluding hydrogens is 264 g/mol. The predicted molar refractivity (Wildman–Crippen MR) is 85.1 cm³/mol. The van der Waals surface area contributed by atoms with E-state index in [1.165, 1.54) is 39.0 Å². The monoisotopic (exact) mass is 290 g/mol. The minimum absolute atomic E-state index is 0.751. The van der Waals surface area contributed by atoms with Gasteiger partial charge in [-0.05, 0) is 26.0 Å². The highest BCUT2D eigenvalue weighted by molar-refractivity contribution is 5.43. The van der Waals surface area contributed by atoms with Crippen molar-refractivity contribution in [2.24, 2.45) is 0 Å². The average molecular weight is 290 g/mol. The van der Waals surface area contributed by atoms with Crippen LogP contribution in [0.2, 0.25) is 0 Å². The Bertz CT molecular complexity index is 451. The summed E-state index contributed by atoms with van der Waals surface area (Å²) in [5.74, 6) is 1.94. The van der Waals surface area contributed by atoms with Gasteiger partial charge in [-0.2, -0.15) is 0 Å². The van der Waals surface area contributed by atoms with Crippen LogP contribution in [-0.4, -0.2) is 74.3 Å². The van der Waals surface area contributed by atoms with E-state index in [1.807, 2.05) is 18.3 Å². The molecule has 116 valence electrons. The van der Waals surface area contributed by atoms with Gasteiger partial charge in [0.15, 0.2) is 0 Å². The van der Waals surface area contributed by atoms with Gasteiger partial charge in [-0.3, -0.25) is 4.90 Å². The Morgan fingerprint density at radius 2 is 1.81 bits per heavy atom. The number of nitrogens with zero attached hydrogens (tertiary/aromatic N) is 4. The summed E-state index contributed by atoms with van der Waals surface area (Å²) in [5.41, 5.74) is 0. The number of piperidine rings is 1. The first-order valence-corrected chi connectivity index (χ1v) is 7.94. The second-order valence-electron chi connectivity index (χ2n) is 6.11. The van der Waals surface area contributed by atoms with Crippen LogP contribution in [0.25, 0.3) is 0 Å². The van der Waals surface area contributed by atoms with Gasteiger partial charge in [0.2, 0.25) is 0 Å². The molecule has 2 aliphatic rings. The van der Waals surface area contributed by atoms with Crippen LogP contribution in [0.3, 0.4) is 0 Å². The summed E-state index contributed by atoms with van der Waals surface area (Å²) in [4.78, 5) is 12.0. The molecule has 0 saturated carbocycles. The van der Waals surface area contributed by atoms with Crippen molar-refractivity contribution in [1.29, 1.82) is 0 Å². The summed E-state index contributed by atoms with van der Waals surface area (Å²) in [5, 5.41) is 0. The van der Waals surface area contributed by atoms with Crippen molar-refractivity contribution in [3.63, 3.8) is 0 Å². The van der Waals surface area contributed by atoms with E-state index in [9.17, 15) is 0 Å². The zero-order chi connectivity index (χ0) is 14.7. The first-order valence-electron chi connectivity index (χ1n) is 7.94. The van der Waals surface area contributed by atoms with Crippen LogP contribution in [0.15, 0.2) is 18.3 Å². The van der Waals surface area contributed by atoms with Crippen molar-refractivity contribution >= 4 is 5.82 Å². The SMILES string of the molecule is COc1ccnc(N2CCC(N3CCN(C)CC3)CC2)c1. The Kier molecular flexibility index (Phi) is 4.60. The van der Waals surface area contributed by atoms with Crippen molar-refractivity contribution in [2.45, 2.75) is 18.9 Å². The first kappa shape index (κ1) is 14.6. The van der Waals surface area contributed by atoms with Crippen molar-refractivity contribution < 1.29 is 4.74 Å². The zero-order valence-electron chi connectivity index (χ0n) is 13.2. The summed E-state index contributed by atoms with van der Waals surface area (Å²) in [6, 6.07) is 4.69. The molecule has 3 rings (SSSR count). The third-order valence-electron chi connectivity index (χ3n) is 4.80. The number of piperazine rings is 1. The molecule has 2 fully saturated rings. The van der Waals surface area contributed by atoms with Gasteiger partial charge < -0.3 is 14.5 Å². The largest absolute Gasteiger partial charge is 0.497 e. The predicted octanol–water partition coefficient (Wildman–Crippen LogP) is 1.31. The summed E-state index contributed by atoms with van der Waals surface area (Å²) < 4.78 is 5.29. The van der Waals surface area contributed by atoms with Crippen LogP contribution >= 0.6 is 0 Å². The Hall–Kier alpha value is -1.33. The minimum Gasteiger partial charge on any atom is -0.497 e. The van der Waals surface area contributed by atoms with Gasteiger partial charge in [0.1, 0.15) is 11.6 Å². The molecular formula is C16H26N4O. The van der Waals surface area contributed by atoms with Crippen LogP contribution in [0.5, 0.6) is 5.75 Å². The fraction of sp³-hybridized carbons (Fsp3) is 0.688. The van der Waals surface area contributed by atoms with Crippen molar-refractivity contribution in [3.05, 3.63) is 18.3 Å². The van der Waals surface area contributed by atoms with E-state index in [1.54, 1.807) is 7.11 Å². The summed E-state index contributed by atoms with van der Waals surface area (Å²) in [7, 11) is 3.92. The van der Waals surface area contributed by atoms with Crippen LogP contribution in [-0.2, 0) is 0 Å². The van der Waals surface area contributed by atoms with Gasteiger partial charge in [-0.15, -0.1) is 0 Å². The van der Waals surface area contributed by atoms with E-state index in [-0.39, 0.29) is 0 Å². The maximum Gasteiger partial charge on any atom is 0.132 e. The molecule has 0 unspecified atom stereocenters. The molecule has 2 aliphatic heterocycles. The van der Waals surface area contributed by atoms with Gasteiger partial charge >= 0.3 is 0 Å². The molecule has 2 saturated heterocycles. The fourth-order valence-corrected chi connectivity index (χ4v) is 3.35. The highest BCUT2D eigenvalue weighted by atomic mass is 16.5. The van der Waals surface area contributed by atoms with E-state index < -0.39 is 0 Å².